The minimum absolute atomic E-state index is 0.336. The molecule has 11 heteroatoms. The number of aryl methyl sites for hydroxylation is 1. The largest absolute Gasteiger partial charge is 0.495 e. The van der Waals surface area contributed by atoms with E-state index in [-0.39, 0.29) is 0 Å². The van der Waals surface area contributed by atoms with Crippen molar-refractivity contribution >= 4 is 29.1 Å². The van der Waals surface area contributed by atoms with E-state index in [1.165, 1.54) is 20.0 Å². The monoisotopic (exact) mass is 546 g/mol. The van der Waals surface area contributed by atoms with Crippen LogP contribution >= 0.6 is 0 Å². The molecule has 1 aliphatic carbocycles. The van der Waals surface area contributed by atoms with Crippen molar-refractivity contribution in [3.63, 3.8) is 0 Å². The van der Waals surface area contributed by atoms with Crippen molar-refractivity contribution < 1.29 is 32.3 Å². The molecule has 2 atom stereocenters. The van der Waals surface area contributed by atoms with Crippen molar-refractivity contribution in [2.24, 2.45) is 22.6 Å². The highest BCUT2D eigenvalue weighted by molar-refractivity contribution is 6.20. The van der Waals surface area contributed by atoms with Crippen molar-refractivity contribution in [3.8, 4) is 5.75 Å². The number of primary amides is 1. The Kier molecular flexibility index (Phi) is 9.71. The van der Waals surface area contributed by atoms with Crippen molar-refractivity contribution in [2.75, 3.05) is 12.4 Å². The normalized spacial score (nSPS) is 17.3. The number of methoxy groups -OCH3 is 1. The van der Waals surface area contributed by atoms with E-state index in [1.54, 1.807) is 30.3 Å². The predicted molar refractivity (Wildman–Crippen MR) is 141 cm³/mol. The van der Waals surface area contributed by atoms with E-state index < -0.39 is 55.2 Å². The standard InChI is InChI=1S/C24H25F3N4O4.C4H8/c1-13-5-3-6-14(11-13)19-16-7-4-8-17(35-2)20(16)30-23(34)21(29-19)31-22(33)15(12-18(28)32)9-10-24(25,26)27;1-4-2-3-4/h3-8,11,15,21H,9-10,12H2,1-2H3,(H2,28,32)(H,30,34)(H,31,33);4H,2-3H2,1H3. The van der Waals surface area contributed by atoms with Gasteiger partial charge in [0, 0.05) is 29.9 Å². The Balaban J connectivity index is 0.000000960. The Hall–Kier alpha value is -3.89. The molecule has 0 aromatic heterocycles. The van der Waals surface area contributed by atoms with E-state index in [1.807, 2.05) is 19.1 Å². The third-order valence-electron chi connectivity index (χ3n) is 6.29. The zero-order valence-corrected chi connectivity index (χ0v) is 22.1. The molecular weight excluding hydrogens is 513 g/mol. The number of hydrogen-bond acceptors (Lipinski definition) is 5. The van der Waals surface area contributed by atoms with Crippen molar-refractivity contribution in [2.45, 2.75) is 58.3 Å². The van der Waals surface area contributed by atoms with E-state index >= 15 is 0 Å². The number of amides is 3. The van der Waals surface area contributed by atoms with Gasteiger partial charge in [0.05, 0.1) is 18.5 Å². The molecule has 210 valence electrons. The van der Waals surface area contributed by atoms with Crippen molar-refractivity contribution in [1.82, 2.24) is 5.32 Å². The smallest absolute Gasteiger partial charge is 0.389 e. The summed E-state index contributed by atoms with van der Waals surface area (Å²) in [4.78, 5) is 41.7. The Bertz CT molecular complexity index is 1240. The fourth-order valence-electron chi connectivity index (χ4n) is 3.92. The number of nitrogens with one attached hydrogen (secondary N) is 2. The summed E-state index contributed by atoms with van der Waals surface area (Å²) in [6.45, 7) is 4.16. The van der Waals surface area contributed by atoms with Gasteiger partial charge in [-0.25, -0.2) is 4.99 Å². The van der Waals surface area contributed by atoms with Gasteiger partial charge in [0.1, 0.15) is 5.75 Å². The highest BCUT2D eigenvalue weighted by atomic mass is 19.4. The highest BCUT2D eigenvalue weighted by Crippen LogP contribution is 2.33. The lowest BCUT2D eigenvalue weighted by atomic mass is 9.97. The summed E-state index contributed by atoms with van der Waals surface area (Å²) in [5, 5.41) is 5.07. The van der Waals surface area contributed by atoms with Crippen LogP contribution in [0.3, 0.4) is 0 Å². The number of fused-ring (bicyclic) bond motifs is 1. The maximum Gasteiger partial charge on any atom is 0.389 e. The molecule has 3 amide bonds. The molecule has 1 fully saturated rings. The number of para-hydroxylation sites is 1. The lowest BCUT2D eigenvalue weighted by Crippen LogP contribution is -2.45. The highest BCUT2D eigenvalue weighted by Gasteiger charge is 2.34. The molecule has 0 saturated heterocycles. The second-order valence-corrected chi connectivity index (χ2v) is 9.83. The van der Waals surface area contributed by atoms with Gasteiger partial charge >= 0.3 is 6.18 Å². The average molecular weight is 547 g/mol. The first-order valence-electron chi connectivity index (χ1n) is 12.7. The molecule has 2 unspecified atom stereocenters. The van der Waals surface area contributed by atoms with Crippen LogP contribution in [0.2, 0.25) is 0 Å². The fourth-order valence-corrected chi connectivity index (χ4v) is 3.92. The average Bonchev–Trinajstić information content (AvgIpc) is 3.67. The molecule has 2 aliphatic rings. The molecule has 2 aromatic rings. The number of ether oxygens (including phenoxy) is 1. The summed E-state index contributed by atoms with van der Waals surface area (Å²) in [5.74, 6) is -2.52. The number of rotatable bonds is 8. The second-order valence-electron chi connectivity index (χ2n) is 9.83. The summed E-state index contributed by atoms with van der Waals surface area (Å²) in [6.07, 6.45) is -5.56. The van der Waals surface area contributed by atoms with Gasteiger partial charge < -0.3 is 21.1 Å². The van der Waals surface area contributed by atoms with Crippen LogP contribution in [0.25, 0.3) is 0 Å². The van der Waals surface area contributed by atoms with Gasteiger partial charge in [-0.2, -0.15) is 13.2 Å². The number of benzene rings is 2. The topological polar surface area (TPSA) is 123 Å². The van der Waals surface area contributed by atoms with Gasteiger partial charge in [0.15, 0.2) is 0 Å². The van der Waals surface area contributed by atoms with Crippen LogP contribution < -0.4 is 21.1 Å². The Labute approximate surface area is 225 Å². The molecule has 1 heterocycles. The molecule has 1 aliphatic heterocycles. The van der Waals surface area contributed by atoms with Crippen LogP contribution in [0.1, 0.15) is 55.7 Å². The minimum atomic E-state index is -4.52. The zero-order valence-electron chi connectivity index (χ0n) is 22.1. The zero-order chi connectivity index (χ0) is 28.7. The van der Waals surface area contributed by atoms with E-state index in [2.05, 4.69) is 22.5 Å². The van der Waals surface area contributed by atoms with Gasteiger partial charge in [-0.1, -0.05) is 55.7 Å². The first kappa shape index (κ1) is 29.7. The maximum atomic E-state index is 13.0. The molecule has 0 radical (unpaired) electrons. The number of halogens is 3. The molecule has 8 nitrogen and oxygen atoms in total. The third kappa shape index (κ3) is 8.83. The number of nitrogens with zero attached hydrogens (tertiary/aromatic N) is 1. The summed E-state index contributed by atoms with van der Waals surface area (Å²) in [5.41, 5.74) is 7.95. The Morgan fingerprint density at radius 2 is 1.87 bits per heavy atom. The minimum Gasteiger partial charge on any atom is -0.495 e. The van der Waals surface area contributed by atoms with Crippen LogP contribution in [-0.4, -0.2) is 42.9 Å². The van der Waals surface area contributed by atoms with Crippen LogP contribution in [0.15, 0.2) is 47.5 Å². The molecule has 1 saturated carbocycles. The van der Waals surface area contributed by atoms with E-state index in [4.69, 9.17) is 10.5 Å². The number of hydrogen-bond donors (Lipinski definition) is 3. The number of carbonyl (C=O) groups excluding carboxylic acids is 3. The second kappa shape index (κ2) is 12.8. The summed E-state index contributed by atoms with van der Waals surface area (Å²) in [7, 11) is 1.43. The molecule has 0 spiro atoms. The van der Waals surface area contributed by atoms with Crippen molar-refractivity contribution in [1.29, 1.82) is 0 Å². The van der Waals surface area contributed by atoms with Crippen LogP contribution in [0, 0.1) is 18.8 Å². The maximum absolute atomic E-state index is 13.0. The van der Waals surface area contributed by atoms with Crippen molar-refractivity contribution in [3.05, 3.63) is 59.2 Å². The SMILES string of the molecule is CC1CC1.COc1cccc2c1NC(=O)C(NC(=O)C(CCC(F)(F)F)CC(N)=O)N=C2c1cccc(C)c1. The lowest BCUT2D eigenvalue weighted by molar-refractivity contribution is -0.143. The summed E-state index contributed by atoms with van der Waals surface area (Å²) in [6, 6.07) is 12.4. The first-order chi connectivity index (χ1) is 18.4. The van der Waals surface area contributed by atoms with Crippen LogP contribution in [0.4, 0.5) is 18.9 Å². The number of carbonyl (C=O) groups is 3. The molecule has 39 heavy (non-hydrogen) atoms. The predicted octanol–water partition coefficient (Wildman–Crippen LogP) is 4.49. The molecule has 0 bridgehead atoms. The van der Waals surface area contributed by atoms with Gasteiger partial charge in [-0.15, -0.1) is 0 Å². The Morgan fingerprint density at radius 1 is 1.21 bits per heavy atom. The summed E-state index contributed by atoms with van der Waals surface area (Å²) >= 11 is 0. The first-order valence-corrected chi connectivity index (χ1v) is 12.7. The van der Waals surface area contributed by atoms with Crippen LogP contribution in [-0.2, 0) is 14.4 Å². The quantitative estimate of drug-likeness (QED) is 0.452. The van der Waals surface area contributed by atoms with E-state index in [0.29, 0.717) is 28.3 Å². The molecule has 4 N–H and O–H groups in total. The number of anilines is 1. The summed E-state index contributed by atoms with van der Waals surface area (Å²) < 4.78 is 43.6. The number of aliphatic imine (C=N–C) groups is 1. The van der Waals surface area contributed by atoms with Gasteiger partial charge in [-0.05, 0) is 31.4 Å². The van der Waals surface area contributed by atoms with E-state index in [0.717, 1.165) is 11.5 Å². The van der Waals surface area contributed by atoms with Gasteiger partial charge in [0.2, 0.25) is 18.0 Å². The van der Waals surface area contributed by atoms with Gasteiger partial charge in [0.25, 0.3) is 5.91 Å². The van der Waals surface area contributed by atoms with Crippen LogP contribution in [0.5, 0.6) is 5.75 Å². The Morgan fingerprint density at radius 3 is 2.44 bits per heavy atom. The number of nitrogens with two attached hydrogens (primary N) is 1. The fraction of sp³-hybridized carbons (Fsp3) is 0.429. The molecular formula is C28H33F3N4O4. The number of benzodiazepines with no additional fused rings is 1. The lowest BCUT2D eigenvalue weighted by Gasteiger charge is -2.19. The van der Waals surface area contributed by atoms with E-state index in [9.17, 15) is 27.6 Å². The van der Waals surface area contributed by atoms with Gasteiger partial charge in [-0.3, -0.25) is 14.4 Å². The third-order valence-corrected chi connectivity index (χ3v) is 6.29. The number of alkyl halides is 3. The molecule has 2 aromatic carbocycles. The molecule has 4 rings (SSSR count).